The maximum Gasteiger partial charge on any atom is 0.412 e. The van der Waals surface area contributed by atoms with Gasteiger partial charge >= 0.3 is 6.09 Å². The van der Waals surface area contributed by atoms with Gasteiger partial charge in [0, 0.05) is 0 Å². The quantitative estimate of drug-likeness (QED) is 0.423. The van der Waals surface area contributed by atoms with Crippen molar-refractivity contribution in [2.45, 2.75) is 26.4 Å². The Bertz CT molecular complexity index is 452. The lowest BCUT2D eigenvalue weighted by molar-refractivity contribution is 0.0636. The van der Waals surface area contributed by atoms with Gasteiger partial charge < -0.3 is 4.74 Å². The van der Waals surface area contributed by atoms with E-state index < -0.39 is 17.6 Å². The number of anilines is 1. The summed E-state index contributed by atoms with van der Waals surface area (Å²) in [5.74, 6) is 4.58. The molecule has 0 heterocycles. The number of carbonyl (C=O) groups is 2. The predicted octanol–water partition coefficient (Wildman–Crippen LogP) is 1.64. The average molecular weight is 251 g/mol. The third-order valence-corrected chi connectivity index (χ3v) is 1.94. The molecule has 18 heavy (non-hydrogen) atoms. The van der Waals surface area contributed by atoms with Gasteiger partial charge in [-0.15, -0.1) is 0 Å². The summed E-state index contributed by atoms with van der Waals surface area (Å²) < 4.78 is 5.10. The van der Waals surface area contributed by atoms with Crippen LogP contribution in [0.2, 0.25) is 0 Å². The second kappa shape index (κ2) is 5.50. The summed E-state index contributed by atoms with van der Waals surface area (Å²) in [5, 5.41) is 2.50. The van der Waals surface area contributed by atoms with Crippen LogP contribution in [0.3, 0.4) is 0 Å². The van der Waals surface area contributed by atoms with Gasteiger partial charge in [0.15, 0.2) is 0 Å². The number of carbonyl (C=O) groups excluding carboxylic acids is 2. The van der Waals surface area contributed by atoms with E-state index in [0.29, 0.717) is 5.69 Å². The molecule has 6 heteroatoms. The van der Waals surface area contributed by atoms with Gasteiger partial charge in [0.05, 0.1) is 11.3 Å². The Balaban J connectivity index is 2.85. The Labute approximate surface area is 105 Å². The Morgan fingerprint density at radius 1 is 1.22 bits per heavy atom. The van der Waals surface area contributed by atoms with Crippen molar-refractivity contribution in [1.82, 2.24) is 5.43 Å². The minimum absolute atomic E-state index is 0.269. The standard InChI is InChI=1S/C12H17N3O3/c1-12(2,3)18-11(17)14-9-7-5-4-6-8(9)10(16)15-13/h4-7H,13H2,1-3H3,(H,14,17)(H,15,16). The summed E-state index contributed by atoms with van der Waals surface area (Å²) >= 11 is 0. The zero-order chi connectivity index (χ0) is 13.8. The van der Waals surface area contributed by atoms with Crippen LogP contribution in [0.25, 0.3) is 0 Å². The van der Waals surface area contributed by atoms with Crippen molar-refractivity contribution < 1.29 is 14.3 Å². The highest BCUT2D eigenvalue weighted by Gasteiger charge is 2.18. The number of nitrogens with two attached hydrogens (primary N) is 1. The monoisotopic (exact) mass is 251 g/mol. The van der Waals surface area contributed by atoms with Crippen molar-refractivity contribution in [3.05, 3.63) is 29.8 Å². The number of amides is 2. The molecule has 1 rings (SSSR count). The molecule has 1 aromatic carbocycles. The van der Waals surface area contributed by atoms with Crippen molar-refractivity contribution in [2.24, 2.45) is 5.84 Å². The van der Waals surface area contributed by atoms with Crippen LogP contribution >= 0.6 is 0 Å². The summed E-state index contributed by atoms with van der Waals surface area (Å²) in [6, 6.07) is 6.51. The largest absolute Gasteiger partial charge is 0.444 e. The Morgan fingerprint density at radius 3 is 2.39 bits per heavy atom. The summed E-state index contributed by atoms with van der Waals surface area (Å²) in [6.07, 6.45) is -0.625. The molecule has 0 aliphatic heterocycles. The normalized spacial score (nSPS) is 10.7. The molecule has 0 saturated carbocycles. The topological polar surface area (TPSA) is 93.4 Å². The van der Waals surface area contributed by atoms with E-state index in [1.54, 1.807) is 45.0 Å². The molecule has 0 fully saturated rings. The minimum Gasteiger partial charge on any atom is -0.444 e. The van der Waals surface area contributed by atoms with E-state index >= 15 is 0 Å². The summed E-state index contributed by atoms with van der Waals surface area (Å²) in [5.41, 5.74) is 2.02. The molecular formula is C12H17N3O3. The molecule has 1 aromatic rings. The van der Waals surface area contributed by atoms with Crippen LogP contribution in [0, 0.1) is 0 Å². The number of ether oxygens (including phenoxy) is 1. The third kappa shape index (κ3) is 4.06. The van der Waals surface area contributed by atoms with Crippen LogP contribution < -0.4 is 16.6 Å². The van der Waals surface area contributed by atoms with Crippen molar-refractivity contribution in [3.63, 3.8) is 0 Å². The second-order valence-electron chi connectivity index (χ2n) is 4.65. The first-order valence-corrected chi connectivity index (χ1v) is 5.43. The van der Waals surface area contributed by atoms with Gasteiger partial charge in [-0.25, -0.2) is 10.6 Å². The minimum atomic E-state index is -0.625. The Morgan fingerprint density at radius 2 is 1.83 bits per heavy atom. The molecular weight excluding hydrogens is 234 g/mol. The van der Waals surface area contributed by atoms with Crippen LogP contribution in [-0.4, -0.2) is 17.6 Å². The van der Waals surface area contributed by atoms with Gasteiger partial charge in [0.1, 0.15) is 5.60 Å². The first-order valence-electron chi connectivity index (χ1n) is 5.43. The molecule has 4 N–H and O–H groups in total. The number of hydrazine groups is 1. The van der Waals surface area contributed by atoms with Crippen LogP contribution in [0.1, 0.15) is 31.1 Å². The summed E-state index contributed by atoms with van der Waals surface area (Å²) in [4.78, 5) is 23.1. The number of hydrogen-bond donors (Lipinski definition) is 3. The highest BCUT2D eigenvalue weighted by atomic mass is 16.6. The molecule has 0 unspecified atom stereocenters. The number of hydrogen-bond acceptors (Lipinski definition) is 4. The van der Waals surface area contributed by atoms with E-state index in [2.05, 4.69) is 5.32 Å². The van der Waals surface area contributed by atoms with Crippen LogP contribution in [0.15, 0.2) is 24.3 Å². The number of nitrogen functional groups attached to an aromatic ring is 1. The van der Waals surface area contributed by atoms with E-state index in [9.17, 15) is 9.59 Å². The van der Waals surface area contributed by atoms with Gasteiger partial charge in [0.2, 0.25) is 0 Å². The fourth-order valence-electron chi connectivity index (χ4n) is 1.28. The molecule has 0 spiro atoms. The van der Waals surface area contributed by atoms with Gasteiger partial charge in [-0.05, 0) is 32.9 Å². The van der Waals surface area contributed by atoms with E-state index in [4.69, 9.17) is 10.6 Å². The number of para-hydroxylation sites is 1. The molecule has 2 amide bonds. The number of rotatable bonds is 2. The van der Waals surface area contributed by atoms with Crippen molar-refractivity contribution in [1.29, 1.82) is 0 Å². The Hall–Kier alpha value is -2.08. The molecule has 0 aliphatic rings. The SMILES string of the molecule is CC(C)(C)OC(=O)Nc1ccccc1C(=O)NN. The summed E-state index contributed by atoms with van der Waals surface area (Å²) in [7, 11) is 0. The smallest absolute Gasteiger partial charge is 0.412 e. The molecule has 98 valence electrons. The maximum atomic E-state index is 11.6. The van der Waals surface area contributed by atoms with Crippen LogP contribution in [0.4, 0.5) is 10.5 Å². The van der Waals surface area contributed by atoms with E-state index in [1.807, 2.05) is 5.43 Å². The molecule has 0 aromatic heterocycles. The van der Waals surface area contributed by atoms with Gasteiger partial charge in [-0.2, -0.15) is 0 Å². The first-order chi connectivity index (χ1) is 8.33. The lowest BCUT2D eigenvalue weighted by Gasteiger charge is -2.20. The lowest BCUT2D eigenvalue weighted by Crippen LogP contribution is -2.32. The fraction of sp³-hybridized carbons (Fsp3) is 0.333. The van der Waals surface area contributed by atoms with E-state index in [-0.39, 0.29) is 5.56 Å². The van der Waals surface area contributed by atoms with Gasteiger partial charge in [-0.3, -0.25) is 15.5 Å². The summed E-state index contributed by atoms with van der Waals surface area (Å²) in [6.45, 7) is 5.27. The number of nitrogens with one attached hydrogen (secondary N) is 2. The van der Waals surface area contributed by atoms with Crippen LogP contribution in [-0.2, 0) is 4.74 Å². The Kier molecular flexibility index (Phi) is 4.28. The van der Waals surface area contributed by atoms with Gasteiger partial charge in [-0.1, -0.05) is 12.1 Å². The van der Waals surface area contributed by atoms with Crippen molar-refractivity contribution in [3.8, 4) is 0 Å². The highest BCUT2D eigenvalue weighted by molar-refractivity contribution is 6.02. The predicted molar refractivity (Wildman–Crippen MR) is 68.0 cm³/mol. The fourth-order valence-corrected chi connectivity index (χ4v) is 1.28. The van der Waals surface area contributed by atoms with Crippen LogP contribution in [0.5, 0.6) is 0 Å². The van der Waals surface area contributed by atoms with E-state index in [1.165, 1.54) is 0 Å². The first kappa shape index (κ1) is 14.0. The molecule has 0 atom stereocenters. The molecule has 0 aliphatic carbocycles. The number of benzene rings is 1. The zero-order valence-corrected chi connectivity index (χ0v) is 10.6. The maximum absolute atomic E-state index is 11.6. The zero-order valence-electron chi connectivity index (χ0n) is 10.6. The van der Waals surface area contributed by atoms with Crippen molar-refractivity contribution in [2.75, 3.05) is 5.32 Å². The lowest BCUT2D eigenvalue weighted by atomic mass is 10.1. The van der Waals surface area contributed by atoms with Gasteiger partial charge in [0.25, 0.3) is 5.91 Å². The average Bonchev–Trinajstić information content (AvgIpc) is 2.26. The van der Waals surface area contributed by atoms with Crippen molar-refractivity contribution >= 4 is 17.7 Å². The van der Waals surface area contributed by atoms with E-state index in [0.717, 1.165) is 0 Å². The highest BCUT2D eigenvalue weighted by Crippen LogP contribution is 2.16. The molecule has 0 saturated heterocycles. The third-order valence-electron chi connectivity index (χ3n) is 1.94. The second-order valence-corrected chi connectivity index (χ2v) is 4.65. The molecule has 6 nitrogen and oxygen atoms in total. The molecule has 0 bridgehead atoms. The molecule has 0 radical (unpaired) electrons.